The SMILES string of the molecule is CCCNC(CCOc1cccc(C(C)C)c1)C(=O)O. The average Bonchev–Trinajstić information content (AvgIpc) is 2.42. The Bertz CT molecular complexity index is 418. The Morgan fingerprint density at radius 1 is 1.40 bits per heavy atom. The van der Waals surface area contributed by atoms with Gasteiger partial charge in [-0.05, 0) is 36.6 Å². The Hall–Kier alpha value is -1.55. The maximum atomic E-state index is 11.1. The molecule has 1 rings (SSSR count). The Kier molecular flexibility index (Phi) is 7.09. The normalized spacial score (nSPS) is 12.4. The summed E-state index contributed by atoms with van der Waals surface area (Å²) in [6.45, 7) is 7.39. The fourth-order valence-corrected chi connectivity index (χ4v) is 1.89. The predicted octanol–water partition coefficient (Wildman–Crippen LogP) is 3.03. The summed E-state index contributed by atoms with van der Waals surface area (Å²) in [4.78, 5) is 11.1. The second kappa shape index (κ2) is 8.59. The van der Waals surface area contributed by atoms with Crippen LogP contribution in [0.15, 0.2) is 24.3 Å². The number of ether oxygens (including phenoxy) is 1. The van der Waals surface area contributed by atoms with E-state index in [1.54, 1.807) is 0 Å². The molecule has 0 saturated carbocycles. The molecule has 0 aliphatic rings. The fourth-order valence-electron chi connectivity index (χ4n) is 1.89. The lowest BCUT2D eigenvalue weighted by molar-refractivity contribution is -0.139. The third kappa shape index (κ3) is 5.61. The van der Waals surface area contributed by atoms with Gasteiger partial charge in [0.25, 0.3) is 0 Å². The minimum atomic E-state index is -0.821. The van der Waals surface area contributed by atoms with E-state index < -0.39 is 12.0 Å². The van der Waals surface area contributed by atoms with Crippen LogP contribution in [0.3, 0.4) is 0 Å². The lowest BCUT2D eigenvalue weighted by atomic mass is 10.0. The molecule has 0 heterocycles. The molecule has 4 heteroatoms. The molecule has 0 saturated heterocycles. The Morgan fingerprint density at radius 3 is 2.75 bits per heavy atom. The number of carbonyl (C=O) groups is 1. The third-order valence-electron chi connectivity index (χ3n) is 3.14. The highest BCUT2D eigenvalue weighted by atomic mass is 16.5. The molecule has 0 radical (unpaired) electrons. The molecule has 0 spiro atoms. The summed E-state index contributed by atoms with van der Waals surface area (Å²) in [5.41, 5.74) is 1.22. The van der Waals surface area contributed by atoms with Crippen molar-refractivity contribution in [2.45, 2.75) is 45.6 Å². The minimum absolute atomic E-state index is 0.398. The van der Waals surface area contributed by atoms with Crippen LogP contribution in [-0.2, 0) is 4.79 Å². The molecule has 0 aliphatic heterocycles. The van der Waals surface area contributed by atoms with E-state index >= 15 is 0 Å². The molecular weight excluding hydrogens is 254 g/mol. The zero-order valence-electron chi connectivity index (χ0n) is 12.6. The van der Waals surface area contributed by atoms with Crippen LogP contribution in [0, 0.1) is 0 Å². The van der Waals surface area contributed by atoms with Crippen molar-refractivity contribution in [3.63, 3.8) is 0 Å². The van der Waals surface area contributed by atoms with Crippen LogP contribution in [0.5, 0.6) is 5.75 Å². The summed E-state index contributed by atoms with van der Waals surface area (Å²) in [5.74, 6) is 0.436. The number of nitrogens with one attached hydrogen (secondary N) is 1. The molecule has 1 aromatic carbocycles. The largest absolute Gasteiger partial charge is 0.494 e. The number of hydrogen-bond acceptors (Lipinski definition) is 3. The van der Waals surface area contributed by atoms with Gasteiger partial charge in [0.2, 0.25) is 0 Å². The second-order valence-electron chi connectivity index (χ2n) is 5.21. The quantitative estimate of drug-likeness (QED) is 0.729. The lowest BCUT2D eigenvalue weighted by Gasteiger charge is -2.15. The van der Waals surface area contributed by atoms with Crippen molar-refractivity contribution in [1.82, 2.24) is 5.32 Å². The van der Waals surface area contributed by atoms with Gasteiger partial charge in [-0.3, -0.25) is 4.79 Å². The van der Waals surface area contributed by atoms with Crippen molar-refractivity contribution in [3.05, 3.63) is 29.8 Å². The number of aliphatic carboxylic acids is 1. The summed E-state index contributed by atoms with van der Waals surface area (Å²) in [5, 5.41) is 12.1. The van der Waals surface area contributed by atoms with E-state index in [9.17, 15) is 4.79 Å². The Labute approximate surface area is 121 Å². The predicted molar refractivity (Wildman–Crippen MR) is 80.4 cm³/mol. The monoisotopic (exact) mass is 279 g/mol. The standard InChI is InChI=1S/C16H25NO3/c1-4-9-17-15(16(18)19)8-10-20-14-7-5-6-13(11-14)12(2)3/h5-7,11-12,15,17H,4,8-10H2,1-3H3,(H,18,19). The maximum Gasteiger partial charge on any atom is 0.320 e. The highest BCUT2D eigenvalue weighted by Crippen LogP contribution is 2.20. The first kappa shape index (κ1) is 16.5. The van der Waals surface area contributed by atoms with Gasteiger partial charge < -0.3 is 15.2 Å². The van der Waals surface area contributed by atoms with E-state index in [0.717, 1.165) is 12.2 Å². The molecule has 20 heavy (non-hydrogen) atoms. The van der Waals surface area contributed by atoms with Gasteiger partial charge >= 0.3 is 5.97 Å². The minimum Gasteiger partial charge on any atom is -0.494 e. The number of rotatable bonds is 9. The molecule has 2 N–H and O–H groups in total. The molecule has 4 nitrogen and oxygen atoms in total. The second-order valence-corrected chi connectivity index (χ2v) is 5.21. The van der Waals surface area contributed by atoms with Crippen molar-refractivity contribution in [1.29, 1.82) is 0 Å². The van der Waals surface area contributed by atoms with Crippen molar-refractivity contribution in [2.24, 2.45) is 0 Å². The number of benzene rings is 1. The summed E-state index contributed by atoms with van der Waals surface area (Å²) in [6.07, 6.45) is 1.38. The van der Waals surface area contributed by atoms with Gasteiger partial charge in [0.1, 0.15) is 11.8 Å². The van der Waals surface area contributed by atoms with Gasteiger partial charge in [-0.2, -0.15) is 0 Å². The zero-order valence-corrected chi connectivity index (χ0v) is 12.6. The van der Waals surface area contributed by atoms with E-state index in [1.165, 1.54) is 5.56 Å². The van der Waals surface area contributed by atoms with Crippen LogP contribution in [0.1, 0.15) is 45.1 Å². The van der Waals surface area contributed by atoms with Crippen molar-refractivity contribution >= 4 is 5.97 Å². The highest BCUT2D eigenvalue weighted by molar-refractivity contribution is 5.73. The van der Waals surface area contributed by atoms with Crippen LogP contribution in [0.25, 0.3) is 0 Å². The van der Waals surface area contributed by atoms with E-state index in [-0.39, 0.29) is 0 Å². The first-order chi connectivity index (χ1) is 9.54. The summed E-state index contributed by atoms with van der Waals surface area (Å²) in [7, 11) is 0. The first-order valence-corrected chi connectivity index (χ1v) is 7.23. The van der Waals surface area contributed by atoms with Gasteiger partial charge in [0.05, 0.1) is 6.61 Å². The molecule has 112 valence electrons. The number of carboxylic acids is 1. The molecule has 0 aromatic heterocycles. The molecule has 1 unspecified atom stereocenters. The molecular formula is C16H25NO3. The smallest absolute Gasteiger partial charge is 0.320 e. The van der Waals surface area contributed by atoms with E-state index in [4.69, 9.17) is 9.84 Å². The lowest BCUT2D eigenvalue weighted by Crippen LogP contribution is -2.38. The molecule has 1 aromatic rings. The molecule has 0 fully saturated rings. The fraction of sp³-hybridized carbons (Fsp3) is 0.562. The van der Waals surface area contributed by atoms with Crippen molar-refractivity contribution in [2.75, 3.05) is 13.2 Å². The van der Waals surface area contributed by atoms with Crippen LogP contribution in [0.2, 0.25) is 0 Å². The Morgan fingerprint density at radius 2 is 2.15 bits per heavy atom. The summed E-state index contributed by atoms with van der Waals surface area (Å²) >= 11 is 0. The van der Waals surface area contributed by atoms with Gasteiger partial charge in [0.15, 0.2) is 0 Å². The molecule has 1 atom stereocenters. The van der Waals surface area contributed by atoms with E-state index in [1.807, 2.05) is 25.1 Å². The van der Waals surface area contributed by atoms with Crippen molar-refractivity contribution in [3.8, 4) is 5.75 Å². The molecule has 0 bridgehead atoms. The van der Waals surface area contributed by atoms with Gasteiger partial charge in [-0.15, -0.1) is 0 Å². The van der Waals surface area contributed by atoms with Crippen LogP contribution in [-0.4, -0.2) is 30.3 Å². The van der Waals surface area contributed by atoms with Gasteiger partial charge in [0, 0.05) is 6.42 Å². The molecule has 0 amide bonds. The zero-order chi connectivity index (χ0) is 15.0. The third-order valence-corrected chi connectivity index (χ3v) is 3.14. The maximum absolute atomic E-state index is 11.1. The van der Waals surface area contributed by atoms with Crippen LogP contribution >= 0.6 is 0 Å². The Balaban J connectivity index is 2.46. The van der Waals surface area contributed by atoms with Crippen LogP contribution in [0.4, 0.5) is 0 Å². The highest BCUT2D eigenvalue weighted by Gasteiger charge is 2.15. The van der Waals surface area contributed by atoms with Gasteiger partial charge in [-0.1, -0.05) is 32.9 Å². The first-order valence-electron chi connectivity index (χ1n) is 7.23. The number of hydrogen-bond donors (Lipinski definition) is 2. The average molecular weight is 279 g/mol. The van der Waals surface area contributed by atoms with E-state index in [0.29, 0.717) is 25.5 Å². The topological polar surface area (TPSA) is 58.6 Å². The van der Waals surface area contributed by atoms with Gasteiger partial charge in [-0.25, -0.2) is 0 Å². The summed E-state index contributed by atoms with van der Waals surface area (Å²) in [6, 6.07) is 7.42. The van der Waals surface area contributed by atoms with Crippen LogP contribution < -0.4 is 10.1 Å². The number of carboxylic acid groups (broad SMARTS) is 1. The van der Waals surface area contributed by atoms with Crippen molar-refractivity contribution < 1.29 is 14.6 Å². The van der Waals surface area contributed by atoms with E-state index in [2.05, 4.69) is 25.2 Å². The molecule has 0 aliphatic carbocycles. The summed E-state index contributed by atoms with van der Waals surface area (Å²) < 4.78 is 5.65.